The van der Waals surface area contributed by atoms with Crippen molar-refractivity contribution in [2.24, 2.45) is 0 Å². The lowest BCUT2D eigenvalue weighted by Gasteiger charge is -2.10. The highest BCUT2D eigenvalue weighted by Gasteiger charge is 2.15. The first kappa shape index (κ1) is 13.5. The Hall–Kier alpha value is -1.95. The van der Waals surface area contributed by atoms with Crippen molar-refractivity contribution >= 4 is 11.9 Å². The number of nitrogens with one attached hydrogen (secondary N) is 2. The van der Waals surface area contributed by atoms with Gasteiger partial charge in [0.15, 0.2) is 0 Å². The number of nitrogens with zero attached hydrogens (tertiary/aromatic N) is 2. The highest BCUT2D eigenvalue weighted by atomic mass is 16.5. The van der Waals surface area contributed by atoms with Crippen molar-refractivity contribution in [1.82, 2.24) is 15.3 Å². The Morgan fingerprint density at radius 2 is 2.32 bits per heavy atom. The van der Waals surface area contributed by atoms with E-state index in [4.69, 9.17) is 4.74 Å². The number of hydrogen-bond acceptors (Lipinski definition) is 5. The Morgan fingerprint density at radius 3 is 2.95 bits per heavy atom. The van der Waals surface area contributed by atoms with Crippen molar-refractivity contribution in [2.45, 2.75) is 18.9 Å². The molecular formula is C13H18N4O2. The summed E-state index contributed by atoms with van der Waals surface area (Å²) in [6.07, 6.45) is 7.03. The molecule has 1 atom stereocenters. The fraction of sp³-hybridized carbons (Fsp3) is 0.462. The number of aromatic nitrogens is 2. The lowest BCUT2D eigenvalue weighted by Crippen LogP contribution is -2.24. The third kappa shape index (κ3) is 4.03. The quantitative estimate of drug-likeness (QED) is 0.747. The van der Waals surface area contributed by atoms with Gasteiger partial charge in [-0.3, -0.25) is 4.79 Å². The van der Waals surface area contributed by atoms with Crippen LogP contribution in [-0.2, 0) is 4.74 Å². The van der Waals surface area contributed by atoms with E-state index in [-0.39, 0.29) is 12.0 Å². The molecule has 6 nitrogen and oxygen atoms in total. The Bertz CT molecular complexity index is 427. The molecule has 0 radical (unpaired) electrons. The van der Waals surface area contributed by atoms with E-state index < -0.39 is 0 Å². The second kappa shape index (κ2) is 6.84. The lowest BCUT2D eigenvalue weighted by atomic mass is 10.2. The normalized spacial score (nSPS) is 18.0. The van der Waals surface area contributed by atoms with Gasteiger partial charge in [0.2, 0.25) is 5.95 Å². The molecule has 0 aromatic carbocycles. The van der Waals surface area contributed by atoms with E-state index >= 15 is 0 Å². The predicted molar refractivity (Wildman–Crippen MR) is 72.0 cm³/mol. The molecule has 0 bridgehead atoms. The average Bonchev–Trinajstić information content (AvgIpc) is 2.96. The maximum absolute atomic E-state index is 11.6. The van der Waals surface area contributed by atoms with Crippen molar-refractivity contribution in [3.05, 3.63) is 30.6 Å². The molecule has 102 valence electrons. The Kier molecular flexibility index (Phi) is 4.85. The van der Waals surface area contributed by atoms with Crippen LogP contribution < -0.4 is 10.6 Å². The summed E-state index contributed by atoms with van der Waals surface area (Å²) < 4.78 is 5.49. The highest BCUT2D eigenvalue weighted by molar-refractivity contribution is 5.93. The van der Waals surface area contributed by atoms with Crippen molar-refractivity contribution < 1.29 is 9.53 Å². The standard InChI is InChI=1S/C13H18N4O2/c1-2-5-14-12(18)10-7-15-13(16-8-10)17-9-11-4-3-6-19-11/h2,7-8,11H,1,3-6,9H2,(H,14,18)(H,15,16,17). The summed E-state index contributed by atoms with van der Waals surface area (Å²) in [5, 5.41) is 5.77. The van der Waals surface area contributed by atoms with Crippen LogP contribution in [0.15, 0.2) is 25.0 Å². The second-order valence-electron chi connectivity index (χ2n) is 4.31. The minimum atomic E-state index is -0.203. The van der Waals surface area contributed by atoms with Crippen LogP contribution in [0, 0.1) is 0 Å². The van der Waals surface area contributed by atoms with Gasteiger partial charge in [-0.25, -0.2) is 9.97 Å². The summed E-state index contributed by atoms with van der Waals surface area (Å²) in [6.45, 7) is 5.49. The van der Waals surface area contributed by atoms with Gasteiger partial charge < -0.3 is 15.4 Å². The number of amides is 1. The average molecular weight is 262 g/mol. The first-order valence-electron chi connectivity index (χ1n) is 6.36. The van der Waals surface area contributed by atoms with Gasteiger partial charge in [0.1, 0.15) is 0 Å². The van der Waals surface area contributed by atoms with Gasteiger partial charge in [-0.2, -0.15) is 0 Å². The van der Waals surface area contributed by atoms with Crippen LogP contribution in [-0.4, -0.2) is 41.7 Å². The summed E-state index contributed by atoms with van der Waals surface area (Å²) in [4.78, 5) is 19.8. The minimum Gasteiger partial charge on any atom is -0.376 e. The fourth-order valence-corrected chi connectivity index (χ4v) is 1.81. The molecule has 0 saturated carbocycles. The van der Waals surface area contributed by atoms with Gasteiger partial charge >= 0.3 is 0 Å². The van der Waals surface area contributed by atoms with Gasteiger partial charge in [0.05, 0.1) is 11.7 Å². The van der Waals surface area contributed by atoms with Crippen molar-refractivity contribution in [2.75, 3.05) is 25.0 Å². The fourth-order valence-electron chi connectivity index (χ4n) is 1.81. The predicted octanol–water partition coefficient (Wildman–Crippen LogP) is 0.983. The van der Waals surface area contributed by atoms with E-state index in [0.29, 0.717) is 24.6 Å². The number of ether oxygens (including phenoxy) is 1. The number of rotatable bonds is 6. The Labute approximate surface area is 112 Å². The van der Waals surface area contributed by atoms with Crippen LogP contribution in [0.5, 0.6) is 0 Å². The van der Waals surface area contributed by atoms with Crippen LogP contribution in [0.25, 0.3) is 0 Å². The first-order chi connectivity index (χ1) is 9.29. The molecule has 0 aliphatic carbocycles. The van der Waals surface area contributed by atoms with Crippen molar-refractivity contribution in [3.8, 4) is 0 Å². The number of carbonyl (C=O) groups is 1. The van der Waals surface area contributed by atoms with E-state index in [1.165, 1.54) is 12.4 Å². The maximum Gasteiger partial charge on any atom is 0.254 e. The van der Waals surface area contributed by atoms with E-state index in [2.05, 4.69) is 27.2 Å². The van der Waals surface area contributed by atoms with E-state index in [9.17, 15) is 4.79 Å². The summed E-state index contributed by atoms with van der Waals surface area (Å²) in [5.41, 5.74) is 0.435. The zero-order chi connectivity index (χ0) is 13.5. The van der Waals surface area contributed by atoms with Gasteiger partial charge in [-0.05, 0) is 12.8 Å². The summed E-state index contributed by atoms with van der Waals surface area (Å²) >= 11 is 0. The molecule has 2 heterocycles. The summed E-state index contributed by atoms with van der Waals surface area (Å²) in [7, 11) is 0. The molecule has 2 rings (SSSR count). The van der Waals surface area contributed by atoms with Crippen LogP contribution >= 0.6 is 0 Å². The molecule has 1 aliphatic heterocycles. The molecule has 1 amide bonds. The van der Waals surface area contributed by atoms with Crippen molar-refractivity contribution in [3.63, 3.8) is 0 Å². The molecular weight excluding hydrogens is 244 g/mol. The second-order valence-corrected chi connectivity index (χ2v) is 4.31. The molecule has 1 aromatic rings. The van der Waals surface area contributed by atoms with E-state index in [1.807, 2.05) is 0 Å². The maximum atomic E-state index is 11.6. The molecule has 1 aliphatic rings. The van der Waals surface area contributed by atoms with Crippen molar-refractivity contribution in [1.29, 1.82) is 0 Å². The van der Waals surface area contributed by atoms with E-state index in [1.54, 1.807) is 6.08 Å². The third-order valence-corrected chi connectivity index (χ3v) is 2.83. The lowest BCUT2D eigenvalue weighted by molar-refractivity contribution is 0.0957. The first-order valence-corrected chi connectivity index (χ1v) is 6.36. The van der Waals surface area contributed by atoms with Gasteiger partial charge in [0.25, 0.3) is 5.91 Å². The van der Waals surface area contributed by atoms with Crippen LogP contribution in [0.1, 0.15) is 23.2 Å². The molecule has 1 fully saturated rings. The van der Waals surface area contributed by atoms with Gasteiger partial charge in [-0.15, -0.1) is 6.58 Å². The van der Waals surface area contributed by atoms with Crippen LogP contribution in [0.4, 0.5) is 5.95 Å². The largest absolute Gasteiger partial charge is 0.376 e. The molecule has 0 spiro atoms. The van der Waals surface area contributed by atoms with E-state index in [0.717, 1.165) is 19.4 Å². The molecule has 1 saturated heterocycles. The highest BCUT2D eigenvalue weighted by Crippen LogP contribution is 2.12. The monoisotopic (exact) mass is 262 g/mol. The summed E-state index contributed by atoms with van der Waals surface area (Å²) in [6, 6.07) is 0. The molecule has 6 heteroatoms. The Morgan fingerprint density at radius 1 is 1.53 bits per heavy atom. The number of carbonyl (C=O) groups excluding carboxylic acids is 1. The third-order valence-electron chi connectivity index (χ3n) is 2.83. The van der Waals surface area contributed by atoms with Gasteiger partial charge in [0, 0.05) is 32.1 Å². The molecule has 1 unspecified atom stereocenters. The molecule has 1 aromatic heterocycles. The van der Waals surface area contributed by atoms with Crippen LogP contribution in [0.3, 0.4) is 0 Å². The zero-order valence-corrected chi connectivity index (χ0v) is 10.8. The smallest absolute Gasteiger partial charge is 0.254 e. The van der Waals surface area contributed by atoms with Gasteiger partial charge in [-0.1, -0.05) is 6.08 Å². The number of anilines is 1. The molecule has 2 N–H and O–H groups in total. The number of hydrogen-bond donors (Lipinski definition) is 2. The minimum absolute atomic E-state index is 0.203. The Balaban J connectivity index is 1.83. The SMILES string of the molecule is C=CCNC(=O)c1cnc(NCC2CCCO2)nc1. The van der Waals surface area contributed by atoms with Crippen LogP contribution in [0.2, 0.25) is 0 Å². The summed E-state index contributed by atoms with van der Waals surface area (Å²) in [5.74, 6) is 0.307. The molecule has 19 heavy (non-hydrogen) atoms. The zero-order valence-electron chi connectivity index (χ0n) is 10.8. The topological polar surface area (TPSA) is 76.1 Å².